The van der Waals surface area contributed by atoms with Crippen LogP contribution in [0.4, 0.5) is 0 Å². The van der Waals surface area contributed by atoms with Crippen molar-refractivity contribution in [3.8, 4) is 0 Å². The molecule has 462 valence electrons. The fourth-order valence-electron chi connectivity index (χ4n) is 11.4. The van der Waals surface area contributed by atoms with Crippen molar-refractivity contribution in [2.75, 3.05) is 49.3 Å². The van der Waals surface area contributed by atoms with Crippen LogP contribution in [0.2, 0.25) is 0 Å². The Bertz CT molecular complexity index is 1450. The first-order valence-corrected chi connectivity index (χ1v) is 40.5. The third-order valence-electron chi connectivity index (χ3n) is 16.6. The van der Waals surface area contributed by atoms with Crippen LogP contribution in [0.25, 0.3) is 0 Å². The standard InChI is InChI=1S/2C30H64P.C8H6O7S/c2*1-5-9-13-14-15-16-17-18-19-20-21-22-23-24-25-26-30-31(27-10-6-2,28-11-7-3)29-12-8-4;9-7(10)4-2-1-3-5(8(11)12)6(4)16(13,14)15/h2*5-30H2,1-4H3;1-3H,(H,9,10)(H,11,12)(H,13,14,15)/q2*+1;/p-2. The predicted octanol–water partition coefficient (Wildman–Crippen LogP) is 21.0. The van der Waals surface area contributed by atoms with E-state index in [4.69, 9.17) is 4.55 Å². The third kappa shape index (κ3) is 45.4. The summed E-state index contributed by atoms with van der Waals surface area (Å²) in [5.41, 5.74) is -1.88. The maximum Gasteiger partial charge on any atom is 0.295 e. The average molecular weight is 1160 g/mol. The van der Waals surface area contributed by atoms with Gasteiger partial charge in [0.25, 0.3) is 10.1 Å². The smallest absolute Gasteiger partial charge is 0.295 e. The highest BCUT2D eigenvalue weighted by Crippen LogP contribution is 2.62. The van der Waals surface area contributed by atoms with E-state index in [0.29, 0.717) is 0 Å². The summed E-state index contributed by atoms with van der Waals surface area (Å²) >= 11 is 0. The SMILES string of the molecule is CCCCCCCCCCCCCCCCCC[P+](CCCC)(CCCC)CCCC.CCCCCCCCCCCCCCCCCC[P+](CCCC)(CCCC)CCCC.O=C([O-])c1cccc(C(=O)[O-])c1S(=O)(=O)O. The number of carbonyl (C=O) groups excluding carboxylic acids is 2. The van der Waals surface area contributed by atoms with E-state index in [0.717, 1.165) is 18.2 Å². The van der Waals surface area contributed by atoms with Crippen molar-refractivity contribution in [1.29, 1.82) is 0 Å². The van der Waals surface area contributed by atoms with Crippen LogP contribution in [0.1, 0.15) is 359 Å². The molecule has 0 saturated carbocycles. The molecular formula is C68H132O7P2S. The lowest BCUT2D eigenvalue weighted by Gasteiger charge is -2.28. The largest absolute Gasteiger partial charge is 0.545 e. The van der Waals surface area contributed by atoms with Gasteiger partial charge in [0.2, 0.25) is 0 Å². The van der Waals surface area contributed by atoms with Crippen molar-refractivity contribution in [2.45, 2.75) is 343 Å². The van der Waals surface area contributed by atoms with E-state index in [1.54, 1.807) is 62.1 Å². The lowest BCUT2D eigenvalue weighted by molar-refractivity contribution is -0.255. The molecule has 1 rings (SSSR count). The molecule has 0 atom stereocenters. The molecular weight excluding hydrogens is 1020 g/mol. The first-order chi connectivity index (χ1) is 37.7. The quantitative estimate of drug-likeness (QED) is 0.0390. The first-order valence-electron chi connectivity index (χ1n) is 34.0. The van der Waals surface area contributed by atoms with Gasteiger partial charge in [-0.25, -0.2) is 0 Å². The fraction of sp³-hybridized carbons (Fsp3) is 0.882. The fourth-order valence-corrected chi connectivity index (χ4v) is 22.7. The van der Waals surface area contributed by atoms with E-state index < -0.39 is 52.6 Å². The van der Waals surface area contributed by atoms with Gasteiger partial charge in [-0.15, -0.1) is 0 Å². The van der Waals surface area contributed by atoms with Crippen LogP contribution >= 0.6 is 14.5 Å². The Morgan fingerprint density at radius 3 is 0.654 bits per heavy atom. The summed E-state index contributed by atoms with van der Waals surface area (Å²) in [5.74, 6) is -3.84. The summed E-state index contributed by atoms with van der Waals surface area (Å²) in [6.45, 7) is 19.0. The van der Waals surface area contributed by atoms with Crippen molar-refractivity contribution in [3.63, 3.8) is 0 Å². The van der Waals surface area contributed by atoms with Crippen molar-refractivity contribution in [3.05, 3.63) is 29.3 Å². The molecule has 7 nitrogen and oxygen atoms in total. The maximum absolute atomic E-state index is 10.9. The summed E-state index contributed by atoms with van der Waals surface area (Å²) < 4.78 is 30.5. The highest BCUT2D eigenvalue weighted by atomic mass is 32.2. The summed E-state index contributed by atoms with van der Waals surface area (Å²) in [7, 11) is -6.26. The van der Waals surface area contributed by atoms with E-state index in [9.17, 15) is 28.2 Å². The number of rotatable bonds is 55. The second-order valence-corrected chi connectivity index (χ2v) is 34.2. The molecule has 0 heterocycles. The molecule has 0 unspecified atom stereocenters. The summed E-state index contributed by atoms with van der Waals surface area (Å²) in [6.07, 6.45) is 77.9. The van der Waals surface area contributed by atoms with Gasteiger partial charge in [-0.05, 0) is 64.2 Å². The maximum atomic E-state index is 10.9. The molecule has 0 aliphatic heterocycles. The first kappa shape index (κ1) is 79.0. The third-order valence-corrected chi connectivity index (χ3v) is 27.7. The lowest BCUT2D eigenvalue weighted by Crippen LogP contribution is -2.29. The van der Waals surface area contributed by atoms with E-state index >= 15 is 0 Å². The zero-order chi connectivity index (χ0) is 58.3. The van der Waals surface area contributed by atoms with Crippen molar-refractivity contribution < 1.29 is 32.8 Å². The Morgan fingerprint density at radius 2 is 0.487 bits per heavy atom. The molecule has 10 heteroatoms. The minimum atomic E-state index is -5.00. The Morgan fingerprint density at radius 1 is 0.321 bits per heavy atom. The molecule has 0 saturated heterocycles. The predicted molar refractivity (Wildman–Crippen MR) is 346 cm³/mol. The molecule has 78 heavy (non-hydrogen) atoms. The molecule has 0 radical (unpaired) electrons. The van der Waals surface area contributed by atoms with Gasteiger partial charge >= 0.3 is 0 Å². The number of carboxylic acid groups (broad SMARTS) is 2. The van der Waals surface area contributed by atoms with E-state index in [-0.39, 0.29) is 0 Å². The van der Waals surface area contributed by atoms with Gasteiger partial charge in [-0.2, -0.15) is 8.42 Å². The normalized spacial score (nSPS) is 11.8. The summed E-state index contributed by atoms with van der Waals surface area (Å²) in [5, 5.41) is 21.1. The Balaban J connectivity index is 0. The second-order valence-electron chi connectivity index (χ2n) is 23.9. The summed E-state index contributed by atoms with van der Waals surface area (Å²) in [6, 6.07) is 2.58. The molecule has 0 aliphatic carbocycles. The molecule has 1 aromatic carbocycles. The van der Waals surface area contributed by atoms with Gasteiger partial charge in [0.1, 0.15) is 4.90 Å². The molecule has 0 spiro atoms. The summed E-state index contributed by atoms with van der Waals surface area (Å²) in [4.78, 5) is 19.8. The van der Waals surface area contributed by atoms with Crippen LogP contribution in [-0.4, -0.2) is 74.2 Å². The van der Waals surface area contributed by atoms with Crippen molar-refractivity contribution in [2.24, 2.45) is 0 Å². The Kier molecular flexibility index (Phi) is 57.1. The van der Waals surface area contributed by atoms with E-state index in [1.165, 1.54) is 270 Å². The van der Waals surface area contributed by atoms with Crippen molar-refractivity contribution in [1.82, 2.24) is 0 Å². The number of carboxylic acids is 2. The van der Waals surface area contributed by atoms with Crippen LogP contribution in [0.5, 0.6) is 0 Å². The lowest BCUT2D eigenvalue weighted by atomic mass is 10.0. The number of hydrogen-bond donors (Lipinski definition) is 1. The molecule has 0 aliphatic rings. The van der Waals surface area contributed by atoms with E-state index in [1.807, 2.05) is 0 Å². The molecule has 1 aromatic rings. The van der Waals surface area contributed by atoms with Gasteiger partial charge in [-0.3, -0.25) is 4.55 Å². The van der Waals surface area contributed by atoms with Crippen LogP contribution < -0.4 is 10.2 Å². The minimum absolute atomic E-state index is 0.634. The molecule has 0 bridgehead atoms. The van der Waals surface area contributed by atoms with E-state index in [2.05, 4.69) is 55.4 Å². The van der Waals surface area contributed by atoms with Crippen molar-refractivity contribution >= 4 is 36.6 Å². The van der Waals surface area contributed by atoms with Crippen LogP contribution in [-0.2, 0) is 10.1 Å². The number of hydrogen-bond acceptors (Lipinski definition) is 6. The second kappa shape index (κ2) is 56.4. The molecule has 0 amide bonds. The van der Waals surface area contributed by atoms with Gasteiger partial charge in [0.15, 0.2) is 0 Å². The number of aromatic carboxylic acids is 2. The number of benzene rings is 1. The Labute approximate surface area is 488 Å². The zero-order valence-electron chi connectivity index (χ0n) is 53.2. The van der Waals surface area contributed by atoms with Gasteiger partial charge in [0, 0.05) is 25.7 Å². The highest BCUT2D eigenvalue weighted by Gasteiger charge is 2.35. The van der Waals surface area contributed by atoms with Crippen LogP contribution in [0, 0.1) is 0 Å². The zero-order valence-corrected chi connectivity index (χ0v) is 55.8. The van der Waals surface area contributed by atoms with Gasteiger partial charge < -0.3 is 19.8 Å². The molecule has 1 N–H and O–H groups in total. The number of unbranched alkanes of at least 4 members (excludes halogenated alkanes) is 36. The molecule has 0 aromatic heterocycles. The van der Waals surface area contributed by atoms with Gasteiger partial charge in [-0.1, -0.05) is 292 Å². The Hall–Kier alpha value is -1.07. The monoisotopic (exact) mass is 1150 g/mol. The topological polar surface area (TPSA) is 135 Å². The molecule has 0 fully saturated rings. The average Bonchev–Trinajstić information content (AvgIpc) is 3.44. The highest BCUT2D eigenvalue weighted by molar-refractivity contribution is 7.86. The number of carbonyl (C=O) groups is 2. The van der Waals surface area contributed by atoms with Crippen LogP contribution in [0.3, 0.4) is 0 Å². The van der Waals surface area contributed by atoms with Gasteiger partial charge in [0.05, 0.1) is 61.2 Å². The van der Waals surface area contributed by atoms with Crippen LogP contribution in [0.15, 0.2) is 23.1 Å². The minimum Gasteiger partial charge on any atom is -0.545 e.